The van der Waals surface area contributed by atoms with Gasteiger partial charge in [0.25, 0.3) is 0 Å². The molecule has 0 radical (unpaired) electrons. The average molecular weight is 413 g/mol. The summed E-state index contributed by atoms with van der Waals surface area (Å²) in [6.07, 6.45) is 2.22. The van der Waals surface area contributed by atoms with Gasteiger partial charge in [-0.1, -0.05) is 11.6 Å². The van der Waals surface area contributed by atoms with Gasteiger partial charge in [-0.05, 0) is 36.6 Å². The highest BCUT2D eigenvalue weighted by Crippen LogP contribution is 2.19. The predicted molar refractivity (Wildman–Crippen MR) is 99.2 cm³/mol. The highest BCUT2D eigenvalue weighted by Gasteiger charge is 2.26. The molecule has 0 unspecified atom stereocenters. The minimum absolute atomic E-state index is 0.182. The first-order chi connectivity index (χ1) is 11.7. The quantitative estimate of drug-likeness (QED) is 0.510. The van der Waals surface area contributed by atoms with E-state index in [9.17, 15) is 17.6 Å². The van der Waals surface area contributed by atoms with E-state index in [4.69, 9.17) is 11.6 Å². The van der Waals surface area contributed by atoms with E-state index >= 15 is 0 Å². The Kier molecular flexibility index (Phi) is 9.15. The average Bonchev–Trinajstić information content (AvgIpc) is 2.53. The van der Waals surface area contributed by atoms with Crippen molar-refractivity contribution in [1.82, 2.24) is 10.0 Å². The molecule has 142 valence electrons. The Bertz CT molecular complexity index is 687. The summed E-state index contributed by atoms with van der Waals surface area (Å²) in [5.41, 5.74) is 0. The van der Waals surface area contributed by atoms with Gasteiger partial charge in [0.1, 0.15) is 11.9 Å². The fraction of sp³-hybridized carbons (Fsp3) is 0.533. The van der Waals surface area contributed by atoms with E-state index in [0.29, 0.717) is 18.7 Å². The summed E-state index contributed by atoms with van der Waals surface area (Å²) < 4.78 is 40.6. The zero-order valence-corrected chi connectivity index (χ0v) is 16.8. The van der Waals surface area contributed by atoms with E-state index in [2.05, 4.69) is 10.0 Å². The number of sulfonamides is 1. The first kappa shape index (κ1) is 22.2. The summed E-state index contributed by atoms with van der Waals surface area (Å²) >= 11 is 7.16. The second kappa shape index (κ2) is 10.3. The molecule has 3 N–H and O–H groups in total. The summed E-state index contributed by atoms with van der Waals surface area (Å²) in [5.74, 6) is -0.473. The Hall–Kier alpha value is -0.870. The summed E-state index contributed by atoms with van der Waals surface area (Å²) in [6.45, 7) is 1.17. The normalized spacial score (nSPS) is 13.0. The number of hydrogen-bond acceptors (Lipinski definition) is 4. The molecule has 0 aliphatic rings. The van der Waals surface area contributed by atoms with Gasteiger partial charge in [0.2, 0.25) is 15.9 Å². The van der Waals surface area contributed by atoms with Crippen LogP contribution in [0.3, 0.4) is 0 Å². The molecule has 6 nitrogen and oxygen atoms in total. The lowest BCUT2D eigenvalue weighted by molar-refractivity contribution is -0.856. The van der Waals surface area contributed by atoms with E-state index in [1.165, 1.54) is 16.7 Å². The zero-order chi connectivity index (χ0) is 19.0. The van der Waals surface area contributed by atoms with E-state index in [0.717, 1.165) is 24.7 Å². The molecule has 1 aromatic rings. The molecule has 0 aliphatic heterocycles. The standard InChI is InChI=1S/C15H23ClFN3O3S2/c1-20(2)8-7-18-15(21)14(6-9-24-3)19-25(22,23)11-4-5-13(17)12(16)10-11/h4-5,10,14,19H,6-9H2,1-3H3,(H,18,21)/p+1/t14-/m1/s1. The molecule has 0 aliphatic carbocycles. The number of benzene rings is 1. The molecule has 1 rings (SSSR count). The Labute approximate surface area is 157 Å². The maximum atomic E-state index is 13.2. The van der Waals surface area contributed by atoms with Gasteiger partial charge in [0.15, 0.2) is 0 Å². The van der Waals surface area contributed by atoms with Gasteiger partial charge in [-0.25, -0.2) is 12.8 Å². The lowest BCUT2D eigenvalue weighted by atomic mass is 10.2. The van der Waals surface area contributed by atoms with Crippen LogP contribution in [0.1, 0.15) is 6.42 Å². The fourth-order valence-electron chi connectivity index (χ4n) is 1.94. The van der Waals surface area contributed by atoms with Crippen LogP contribution in [-0.2, 0) is 14.8 Å². The molecule has 0 fully saturated rings. The highest BCUT2D eigenvalue weighted by molar-refractivity contribution is 7.98. The summed E-state index contributed by atoms with van der Waals surface area (Å²) in [4.78, 5) is 13.3. The van der Waals surface area contributed by atoms with Crippen molar-refractivity contribution in [2.45, 2.75) is 17.4 Å². The summed E-state index contributed by atoms with van der Waals surface area (Å²) in [7, 11) is -0.0786. The monoisotopic (exact) mass is 412 g/mol. The molecule has 1 amide bonds. The molecule has 1 aromatic carbocycles. The van der Waals surface area contributed by atoms with Crippen LogP contribution in [-0.4, -0.2) is 59.6 Å². The number of thioether (sulfide) groups is 1. The topological polar surface area (TPSA) is 79.7 Å². The molecule has 0 spiro atoms. The van der Waals surface area contributed by atoms with Gasteiger partial charge in [-0.3, -0.25) is 4.79 Å². The predicted octanol–water partition coefficient (Wildman–Crippen LogP) is 0.140. The van der Waals surface area contributed by atoms with Gasteiger partial charge in [0, 0.05) is 0 Å². The van der Waals surface area contributed by atoms with Crippen LogP contribution in [0.2, 0.25) is 5.02 Å². The highest BCUT2D eigenvalue weighted by atomic mass is 35.5. The second-order valence-corrected chi connectivity index (χ2v) is 8.89. The van der Waals surface area contributed by atoms with Crippen LogP contribution in [0.25, 0.3) is 0 Å². The smallest absolute Gasteiger partial charge is 0.241 e. The Morgan fingerprint density at radius 2 is 2.08 bits per heavy atom. The number of nitrogens with one attached hydrogen (secondary N) is 3. The van der Waals surface area contributed by atoms with Gasteiger partial charge < -0.3 is 10.2 Å². The minimum atomic E-state index is -3.99. The van der Waals surface area contributed by atoms with Crippen LogP contribution in [0, 0.1) is 5.82 Å². The molecule has 0 aromatic heterocycles. The van der Waals surface area contributed by atoms with Crippen molar-refractivity contribution in [2.24, 2.45) is 0 Å². The molecule has 0 bridgehead atoms. The van der Waals surface area contributed by atoms with Gasteiger partial charge >= 0.3 is 0 Å². The number of rotatable bonds is 10. The Morgan fingerprint density at radius 3 is 2.64 bits per heavy atom. The van der Waals surface area contributed by atoms with E-state index in [1.54, 1.807) is 0 Å². The maximum absolute atomic E-state index is 13.2. The third kappa shape index (κ3) is 7.49. The number of hydrogen-bond donors (Lipinski definition) is 3. The van der Waals surface area contributed by atoms with Crippen LogP contribution < -0.4 is 14.9 Å². The summed E-state index contributed by atoms with van der Waals surface area (Å²) in [5, 5.41) is 2.45. The van der Waals surface area contributed by atoms with Crippen LogP contribution in [0.4, 0.5) is 4.39 Å². The van der Waals surface area contributed by atoms with Gasteiger partial charge in [0.05, 0.1) is 37.1 Å². The molecular formula is C15H24ClFN3O3S2+. The van der Waals surface area contributed by atoms with Crippen LogP contribution in [0.5, 0.6) is 0 Å². The van der Waals surface area contributed by atoms with E-state index in [-0.39, 0.29) is 15.8 Å². The van der Waals surface area contributed by atoms with Crippen molar-refractivity contribution in [3.8, 4) is 0 Å². The van der Waals surface area contributed by atoms with Gasteiger partial charge in [-0.2, -0.15) is 16.5 Å². The van der Waals surface area contributed by atoms with Gasteiger partial charge in [-0.15, -0.1) is 0 Å². The molecule has 0 saturated heterocycles. The maximum Gasteiger partial charge on any atom is 0.241 e. The Morgan fingerprint density at radius 1 is 1.40 bits per heavy atom. The first-order valence-corrected chi connectivity index (χ1v) is 11.0. The lowest BCUT2D eigenvalue weighted by Crippen LogP contribution is -3.06. The second-order valence-electron chi connectivity index (χ2n) is 5.78. The van der Waals surface area contributed by atoms with E-state index in [1.807, 2.05) is 20.4 Å². The minimum Gasteiger partial charge on any atom is -0.349 e. The van der Waals surface area contributed by atoms with Crippen LogP contribution in [0.15, 0.2) is 23.1 Å². The van der Waals surface area contributed by atoms with Crippen molar-refractivity contribution in [1.29, 1.82) is 0 Å². The molecule has 10 heteroatoms. The molecular weight excluding hydrogens is 389 g/mol. The summed E-state index contributed by atoms with van der Waals surface area (Å²) in [6, 6.07) is 2.22. The van der Waals surface area contributed by atoms with Crippen molar-refractivity contribution >= 4 is 39.3 Å². The fourth-order valence-corrected chi connectivity index (χ4v) is 3.91. The number of quaternary nitrogens is 1. The van der Waals surface area contributed by atoms with Crippen molar-refractivity contribution < 1.29 is 22.5 Å². The first-order valence-electron chi connectivity index (χ1n) is 7.70. The molecule has 1 atom stereocenters. The third-order valence-electron chi connectivity index (χ3n) is 3.35. The molecule has 25 heavy (non-hydrogen) atoms. The zero-order valence-electron chi connectivity index (χ0n) is 14.4. The SMILES string of the molecule is CSCC[C@@H](NS(=O)(=O)c1ccc(F)c(Cl)c1)C(=O)NCC[NH+](C)C. The number of carbonyl (C=O) groups excluding carboxylic acids is 1. The number of amides is 1. The number of halogens is 2. The van der Waals surface area contributed by atoms with Crippen LogP contribution >= 0.6 is 23.4 Å². The molecule has 0 saturated carbocycles. The van der Waals surface area contributed by atoms with E-state index < -0.39 is 21.9 Å². The number of likely N-dealkylation sites (N-methyl/N-ethyl adjacent to an activating group) is 1. The van der Waals surface area contributed by atoms with Crippen molar-refractivity contribution in [2.75, 3.05) is 39.2 Å². The lowest BCUT2D eigenvalue weighted by Gasteiger charge is -2.18. The van der Waals surface area contributed by atoms with Crippen molar-refractivity contribution in [3.05, 3.63) is 29.0 Å². The third-order valence-corrected chi connectivity index (χ3v) is 5.75. The number of carbonyl (C=O) groups is 1. The molecule has 0 heterocycles. The Balaban J connectivity index is 2.87. The van der Waals surface area contributed by atoms with Crippen molar-refractivity contribution in [3.63, 3.8) is 0 Å². The largest absolute Gasteiger partial charge is 0.349 e.